The first-order chi connectivity index (χ1) is 11.7. The first kappa shape index (κ1) is 13.4. The summed E-state index contributed by atoms with van der Waals surface area (Å²) in [5.74, 6) is 0.900. The zero-order valence-electron chi connectivity index (χ0n) is 12.5. The molecule has 0 unspecified atom stereocenters. The molecule has 8 nitrogen and oxygen atoms in total. The van der Waals surface area contributed by atoms with Crippen LogP contribution in [0.5, 0.6) is 0 Å². The van der Waals surface area contributed by atoms with Crippen LogP contribution in [0.1, 0.15) is 17.3 Å². The molecule has 0 spiro atoms. The van der Waals surface area contributed by atoms with E-state index in [4.69, 9.17) is 16.0 Å². The normalized spacial score (nSPS) is 12.4. The van der Waals surface area contributed by atoms with Crippen molar-refractivity contribution in [3.8, 4) is 23.0 Å². The molecule has 0 amide bonds. The fourth-order valence-electron chi connectivity index (χ4n) is 2.94. The summed E-state index contributed by atoms with van der Waals surface area (Å²) in [6.45, 7) is 1.75. The van der Waals surface area contributed by atoms with Gasteiger partial charge in [0.1, 0.15) is 12.0 Å². The zero-order valence-corrected chi connectivity index (χ0v) is 13.3. The van der Waals surface area contributed by atoms with E-state index in [1.807, 2.05) is 22.8 Å². The van der Waals surface area contributed by atoms with E-state index in [1.54, 1.807) is 24.1 Å². The van der Waals surface area contributed by atoms with Crippen LogP contribution in [0.25, 0.3) is 23.0 Å². The predicted octanol–water partition coefficient (Wildman–Crippen LogP) is 2.37. The van der Waals surface area contributed by atoms with E-state index < -0.39 is 0 Å². The minimum Gasteiger partial charge on any atom is -0.420 e. The molecule has 9 heteroatoms. The van der Waals surface area contributed by atoms with Crippen LogP contribution in [0.15, 0.2) is 35.1 Å². The molecule has 118 valence electrons. The third kappa shape index (κ3) is 1.83. The molecule has 1 aliphatic heterocycles. The van der Waals surface area contributed by atoms with Crippen LogP contribution in [-0.2, 0) is 6.42 Å². The van der Waals surface area contributed by atoms with Gasteiger partial charge in [-0.25, -0.2) is 9.67 Å². The molecule has 4 aromatic rings. The van der Waals surface area contributed by atoms with Crippen LogP contribution in [0, 0.1) is 6.92 Å². The Morgan fingerprint density at radius 2 is 2.12 bits per heavy atom. The lowest BCUT2D eigenvalue weighted by Crippen LogP contribution is -2.03. The standard InChI is InChI=1S/C15H10ClN7O/c1-8-19-20-15(24-8)14-13-5-10-6-18-21-23(10)12-4-9(16)2-3-11(12)22(13)7-17-14/h2-4,6-7H,5H2,1H3. The first-order valence-corrected chi connectivity index (χ1v) is 7.65. The van der Waals surface area contributed by atoms with Crippen LogP contribution >= 0.6 is 11.6 Å². The van der Waals surface area contributed by atoms with Crippen molar-refractivity contribution in [2.24, 2.45) is 0 Å². The maximum absolute atomic E-state index is 6.17. The maximum Gasteiger partial charge on any atom is 0.268 e. The Hall–Kier alpha value is -3.00. The molecule has 0 aliphatic carbocycles. The highest BCUT2D eigenvalue weighted by molar-refractivity contribution is 6.30. The smallest absolute Gasteiger partial charge is 0.268 e. The van der Waals surface area contributed by atoms with E-state index >= 15 is 0 Å². The molecule has 0 N–H and O–H groups in total. The lowest BCUT2D eigenvalue weighted by atomic mass is 10.2. The number of fused-ring (bicyclic) bond motifs is 5. The second-order valence-electron chi connectivity index (χ2n) is 5.48. The molecule has 3 aromatic heterocycles. The summed E-state index contributed by atoms with van der Waals surface area (Å²) >= 11 is 6.17. The topological polar surface area (TPSA) is 87.5 Å². The van der Waals surface area contributed by atoms with E-state index in [9.17, 15) is 0 Å². The predicted molar refractivity (Wildman–Crippen MR) is 84.3 cm³/mol. The van der Waals surface area contributed by atoms with E-state index in [0.717, 1.165) is 22.8 Å². The van der Waals surface area contributed by atoms with Crippen molar-refractivity contribution in [2.45, 2.75) is 13.3 Å². The number of hydrogen-bond donors (Lipinski definition) is 0. The summed E-state index contributed by atoms with van der Waals surface area (Å²) < 4.78 is 9.34. The van der Waals surface area contributed by atoms with Gasteiger partial charge in [0.15, 0.2) is 0 Å². The molecule has 0 atom stereocenters. The molecule has 1 aromatic carbocycles. The molecule has 24 heavy (non-hydrogen) atoms. The summed E-state index contributed by atoms with van der Waals surface area (Å²) in [6, 6.07) is 5.63. The van der Waals surface area contributed by atoms with Crippen molar-refractivity contribution < 1.29 is 4.42 Å². The highest BCUT2D eigenvalue weighted by Gasteiger charge is 2.25. The number of halogens is 1. The number of benzene rings is 1. The first-order valence-electron chi connectivity index (χ1n) is 7.27. The molecule has 1 aliphatic rings. The largest absolute Gasteiger partial charge is 0.420 e. The summed E-state index contributed by atoms with van der Waals surface area (Å²) in [7, 11) is 0. The van der Waals surface area contributed by atoms with Gasteiger partial charge in [0.05, 0.1) is 29.0 Å². The zero-order chi connectivity index (χ0) is 16.3. The average molecular weight is 340 g/mol. The van der Waals surface area contributed by atoms with Gasteiger partial charge in [-0.15, -0.1) is 15.3 Å². The minimum absolute atomic E-state index is 0.401. The number of hydrogen-bond acceptors (Lipinski definition) is 6. The van der Waals surface area contributed by atoms with Gasteiger partial charge >= 0.3 is 0 Å². The van der Waals surface area contributed by atoms with Gasteiger partial charge in [-0.2, -0.15) is 0 Å². The second-order valence-corrected chi connectivity index (χ2v) is 5.92. The van der Waals surface area contributed by atoms with Gasteiger partial charge < -0.3 is 4.42 Å². The monoisotopic (exact) mass is 339 g/mol. The molecule has 0 saturated carbocycles. The summed E-state index contributed by atoms with van der Waals surface area (Å²) in [6.07, 6.45) is 4.06. The third-order valence-electron chi connectivity index (χ3n) is 3.99. The Labute approximate surface area is 140 Å². The van der Waals surface area contributed by atoms with Crippen LogP contribution in [-0.4, -0.2) is 34.7 Å². The Kier molecular flexibility index (Phi) is 2.66. The second kappa shape index (κ2) is 4.75. The molecular weight excluding hydrogens is 330 g/mol. The average Bonchev–Trinajstić information content (AvgIpc) is 3.27. The Balaban J connectivity index is 1.81. The van der Waals surface area contributed by atoms with Crippen LogP contribution in [0.3, 0.4) is 0 Å². The third-order valence-corrected chi connectivity index (χ3v) is 4.22. The van der Waals surface area contributed by atoms with Crippen LogP contribution in [0.2, 0.25) is 5.02 Å². The van der Waals surface area contributed by atoms with Crippen molar-refractivity contribution in [3.05, 3.63) is 53.0 Å². The summed E-state index contributed by atoms with van der Waals surface area (Å²) in [4.78, 5) is 4.49. The number of aromatic nitrogens is 7. The van der Waals surface area contributed by atoms with Crippen molar-refractivity contribution in [1.82, 2.24) is 34.7 Å². The lowest BCUT2D eigenvalue weighted by molar-refractivity contribution is 0.530. The molecule has 0 bridgehead atoms. The van der Waals surface area contributed by atoms with Gasteiger partial charge in [0.25, 0.3) is 5.89 Å². The molecule has 0 fully saturated rings. The number of aryl methyl sites for hydroxylation is 1. The maximum atomic E-state index is 6.17. The van der Waals surface area contributed by atoms with Crippen LogP contribution in [0.4, 0.5) is 0 Å². The Morgan fingerprint density at radius 1 is 1.21 bits per heavy atom. The van der Waals surface area contributed by atoms with Gasteiger partial charge in [0.2, 0.25) is 5.89 Å². The van der Waals surface area contributed by atoms with Crippen molar-refractivity contribution in [3.63, 3.8) is 0 Å². The van der Waals surface area contributed by atoms with Crippen LogP contribution < -0.4 is 0 Å². The lowest BCUT2D eigenvalue weighted by Gasteiger charge is -2.09. The highest BCUT2D eigenvalue weighted by atomic mass is 35.5. The molecule has 5 rings (SSSR count). The fraction of sp³-hybridized carbons (Fsp3) is 0.133. The van der Waals surface area contributed by atoms with E-state index in [0.29, 0.717) is 28.9 Å². The van der Waals surface area contributed by atoms with Gasteiger partial charge in [-0.05, 0) is 18.2 Å². The summed E-state index contributed by atoms with van der Waals surface area (Å²) in [5.41, 5.74) is 4.28. The quantitative estimate of drug-likeness (QED) is 0.466. The number of imidazole rings is 1. The molecular formula is C15H10ClN7O. The Morgan fingerprint density at radius 3 is 2.96 bits per heavy atom. The highest BCUT2D eigenvalue weighted by Crippen LogP contribution is 2.33. The fourth-order valence-corrected chi connectivity index (χ4v) is 3.11. The molecule has 0 radical (unpaired) electrons. The number of nitrogens with zero attached hydrogens (tertiary/aromatic N) is 7. The van der Waals surface area contributed by atoms with Crippen molar-refractivity contribution in [2.75, 3.05) is 0 Å². The molecule has 0 saturated heterocycles. The SMILES string of the molecule is Cc1nnc(-c2ncn3c2Cc2cnnn2-c2cc(Cl)ccc2-3)o1. The van der Waals surface area contributed by atoms with E-state index in [2.05, 4.69) is 25.5 Å². The van der Waals surface area contributed by atoms with Crippen molar-refractivity contribution in [1.29, 1.82) is 0 Å². The van der Waals surface area contributed by atoms with Crippen molar-refractivity contribution >= 4 is 11.6 Å². The molecule has 4 heterocycles. The van der Waals surface area contributed by atoms with E-state index in [1.165, 1.54) is 0 Å². The minimum atomic E-state index is 0.401. The van der Waals surface area contributed by atoms with Gasteiger partial charge in [0, 0.05) is 18.4 Å². The summed E-state index contributed by atoms with van der Waals surface area (Å²) in [5, 5.41) is 16.8. The van der Waals surface area contributed by atoms with Gasteiger partial charge in [-0.1, -0.05) is 16.8 Å². The van der Waals surface area contributed by atoms with Gasteiger partial charge in [-0.3, -0.25) is 4.57 Å². The van der Waals surface area contributed by atoms with E-state index in [-0.39, 0.29) is 0 Å². The Bertz CT molecular complexity index is 1080. The number of rotatable bonds is 1.